The summed E-state index contributed by atoms with van der Waals surface area (Å²) in [4.78, 5) is -0.311. The summed E-state index contributed by atoms with van der Waals surface area (Å²) in [5.74, 6) is 0. The van der Waals surface area contributed by atoms with Crippen LogP contribution >= 0.6 is 0 Å². The fourth-order valence-electron chi connectivity index (χ4n) is 1.21. The summed E-state index contributed by atoms with van der Waals surface area (Å²) < 4.78 is 30.5. The first-order valence-corrected chi connectivity index (χ1v) is 5.12. The van der Waals surface area contributed by atoms with E-state index in [1.165, 1.54) is 18.3 Å². The number of nitrogens with zero attached hydrogens (tertiary/aromatic N) is 1. The van der Waals surface area contributed by atoms with Crippen LogP contribution in [0.5, 0.6) is 0 Å². The second-order valence-electron chi connectivity index (χ2n) is 2.82. The molecule has 0 aliphatic heterocycles. The van der Waals surface area contributed by atoms with Gasteiger partial charge in [0.1, 0.15) is 4.90 Å². The number of H-pyrrole nitrogens is 1. The van der Waals surface area contributed by atoms with E-state index >= 15 is 0 Å². The van der Waals surface area contributed by atoms with Gasteiger partial charge in [0.25, 0.3) is 10.1 Å². The van der Waals surface area contributed by atoms with E-state index in [0.29, 0.717) is 10.9 Å². The predicted molar refractivity (Wildman–Crippen MR) is 50.3 cm³/mol. The zero-order valence-electron chi connectivity index (χ0n) is 6.93. The van der Waals surface area contributed by atoms with Crippen LogP contribution in [0.2, 0.25) is 0 Å². The molecule has 6 nitrogen and oxygen atoms in total. The molecule has 7 heteroatoms. The van der Waals surface area contributed by atoms with Crippen LogP contribution in [-0.2, 0) is 10.1 Å². The summed E-state index contributed by atoms with van der Waals surface area (Å²) in [6.07, 6.45) is 1.51. The van der Waals surface area contributed by atoms with Crippen molar-refractivity contribution < 1.29 is 13.0 Å². The molecular weight excluding hydrogens is 206 g/mol. The minimum absolute atomic E-state index is 0.00130. The van der Waals surface area contributed by atoms with Gasteiger partial charge in [-0.05, 0) is 12.1 Å². The standard InChI is InChI=1S/C7H7N3O3S/c8-5-1-4-3-9-10-6(4)2-7(5)14(11,12)13/h1-3H,8H2,(H,9,10)(H,11,12,13). The zero-order chi connectivity index (χ0) is 10.3. The Hall–Kier alpha value is -1.60. The molecule has 0 atom stereocenters. The molecule has 0 saturated heterocycles. The topological polar surface area (TPSA) is 109 Å². The van der Waals surface area contributed by atoms with Crippen molar-refractivity contribution in [1.82, 2.24) is 10.2 Å². The van der Waals surface area contributed by atoms with Gasteiger partial charge in [0.2, 0.25) is 0 Å². The van der Waals surface area contributed by atoms with E-state index in [1.807, 2.05) is 0 Å². The highest BCUT2D eigenvalue weighted by Gasteiger charge is 2.15. The van der Waals surface area contributed by atoms with E-state index < -0.39 is 10.1 Å². The lowest BCUT2D eigenvalue weighted by atomic mass is 10.2. The summed E-state index contributed by atoms with van der Waals surface area (Å²) in [7, 11) is -4.28. The van der Waals surface area contributed by atoms with E-state index in [1.54, 1.807) is 0 Å². The number of aromatic nitrogens is 2. The van der Waals surface area contributed by atoms with Gasteiger partial charge in [-0.25, -0.2) is 0 Å². The van der Waals surface area contributed by atoms with Crippen molar-refractivity contribution in [2.75, 3.05) is 5.73 Å². The average Bonchev–Trinajstić information content (AvgIpc) is 2.47. The molecule has 0 spiro atoms. The van der Waals surface area contributed by atoms with E-state index in [4.69, 9.17) is 10.3 Å². The monoisotopic (exact) mass is 213 g/mol. The summed E-state index contributed by atoms with van der Waals surface area (Å²) in [5, 5.41) is 6.98. The van der Waals surface area contributed by atoms with Crippen LogP contribution in [0.15, 0.2) is 23.2 Å². The third-order valence-corrected chi connectivity index (χ3v) is 2.76. The van der Waals surface area contributed by atoms with Crippen LogP contribution in [-0.4, -0.2) is 23.2 Å². The first-order valence-electron chi connectivity index (χ1n) is 3.68. The number of fused-ring (bicyclic) bond motifs is 1. The van der Waals surface area contributed by atoms with Crippen LogP contribution in [0.4, 0.5) is 5.69 Å². The molecule has 0 saturated carbocycles. The number of nitrogens with one attached hydrogen (secondary N) is 1. The number of benzene rings is 1. The Morgan fingerprint density at radius 2 is 2.14 bits per heavy atom. The highest BCUT2D eigenvalue weighted by atomic mass is 32.2. The lowest BCUT2D eigenvalue weighted by Crippen LogP contribution is -2.02. The van der Waals surface area contributed by atoms with Gasteiger partial charge in [-0.3, -0.25) is 9.65 Å². The highest BCUT2D eigenvalue weighted by Crippen LogP contribution is 2.23. The van der Waals surface area contributed by atoms with Crippen LogP contribution in [0, 0.1) is 0 Å². The van der Waals surface area contributed by atoms with Crippen LogP contribution in [0.25, 0.3) is 10.9 Å². The van der Waals surface area contributed by atoms with Crippen molar-refractivity contribution in [3.05, 3.63) is 18.3 Å². The van der Waals surface area contributed by atoms with E-state index in [-0.39, 0.29) is 10.6 Å². The maximum Gasteiger partial charge on any atom is 0.296 e. The Morgan fingerprint density at radius 3 is 2.79 bits per heavy atom. The number of rotatable bonds is 1. The summed E-state index contributed by atoms with van der Waals surface area (Å²) in [6.45, 7) is 0. The van der Waals surface area contributed by atoms with Crippen molar-refractivity contribution in [1.29, 1.82) is 0 Å². The maximum atomic E-state index is 10.9. The van der Waals surface area contributed by atoms with Gasteiger partial charge in [0.15, 0.2) is 0 Å². The Bertz CT molecular complexity index is 587. The molecule has 1 aromatic carbocycles. The zero-order valence-corrected chi connectivity index (χ0v) is 7.75. The van der Waals surface area contributed by atoms with Gasteiger partial charge in [-0.15, -0.1) is 0 Å². The number of aromatic amines is 1. The predicted octanol–water partition coefficient (Wildman–Crippen LogP) is 0.392. The second kappa shape index (κ2) is 2.69. The molecule has 0 fully saturated rings. The van der Waals surface area contributed by atoms with Gasteiger partial charge in [0.05, 0.1) is 17.4 Å². The van der Waals surface area contributed by atoms with Crippen molar-refractivity contribution >= 4 is 26.7 Å². The summed E-state index contributed by atoms with van der Waals surface area (Å²) in [6, 6.07) is 2.68. The second-order valence-corrected chi connectivity index (χ2v) is 4.21. The normalized spacial score (nSPS) is 12.1. The molecule has 14 heavy (non-hydrogen) atoms. The first-order chi connectivity index (χ1) is 6.48. The third kappa shape index (κ3) is 1.32. The number of nitrogens with two attached hydrogens (primary N) is 1. The van der Waals surface area contributed by atoms with Gasteiger partial charge >= 0.3 is 0 Å². The first kappa shape index (κ1) is 8.97. The number of hydrogen-bond acceptors (Lipinski definition) is 4. The Balaban J connectivity index is 2.84. The molecule has 4 N–H and O–H groups in total. The minimum atomic E-state index is -4.28. The van der Waals surface area contributed by atoms with Gasteiger partial charge < -0.3 is 5.73 Å². The quantitative estimate of drug-likeness (QED) is 0.469. The minimum Gasteiger partial charge on any atom is -0.398 e. The van der Waals surface area contributed by atoms with Gasteiger partial charge in [-0.1, -0.05) is 0 Å². The molecule has 1 aromatic heterocycles. The number of nitrogen functional groups attached to an aromatic ring is 1. The molecule has 74 valence electrons. The van der Waals surface area contributed by atoms with Crippen molar-refractivity contribution in [2.24, 2.45) is 0 Å². The lowest BCUT2D eigenvalue weighted by molar-refractivity contribution is 0.484. The molecule has 0 aliphatic rings. The summed E-state index contributed by atoms with van der Waals surface area (Å²) >= 11 is 0. The van der Waals surface area contributed by atoms with E-state index in [9.17, 15) is 8.42 Å². The van der Waals surface area contributed by atoms with Crippen LogP contribution in [0.3, 0.4) is 0 Å². The SMILES string of the molecule is Nc1cc2cn[nH]c2cc1S(=O)(=O)O. The van der Waals surface area contributed by atoms with Gasteiger partial charge in [-0.2, -0.15) is 13.5 Å². The number of anilines is 1. The molecule has 0 radical (unpaired) electrons. The largest absolute Gasteiger partial charge is 0.398 e. The van der Waals surface area contributed by atoms with Crippen molar-refractivity contribution in [3.8, 4) is 0 Å². The molecule has 2 aromatic rings. The molecule has 0 aliphatic carbocycles. The van der Waals surface area contributed by atoms with Crippen LogP contribution in [0.1, 0.15) is 0 Å². The van der Waals surface area contributed by atoms with Crippen molar-refractivity contribution in [3.63, 3.8) is 0 Å². The molecule has 2 rings (SSSR count). The summed E-state index contributed by atoms with van der Waals surface area (Å²) in [5.41, 5.74) is 5.96. The Morgan fingerprint density at radius 1 is 1.43 bits per heavy atom. The lowest BCUT2D eigenvalue weighted by Gasteiger charge is -2.01. The molecule has 1 heterocycles. The van der Waals surface area contributed by atoms with Gasteiger partial charge in [0, 0.05) is 5.39 Å². The van der Waals surface area contributed by atoms with Crippen molar-refractivity contribution in [2.45, 2.75) is 4.90 Å². The molecular formula is C7H7N3O3S. The number of hydrogen-bond donors (Lipinski definition) is 3. The average molecular weight is 213 g/mol. The third-order valence-electron chi connectivity index (χ3n) is 1.85. The smallest absolute Gasteiger partial charge is 0.296 e. The van der Waals surface area contributed by atoms with E-state index in [2.05, 4.69) is 10.2 Å². The molecule has 0 bridgehead atoms. The molecule has 0 unspecified atom stereocenters. The Kier molecular flexibility index (Phi) is 1.73. The highest BCUT2D eigenvalue weighted by molar-refractivity contribution is 7.86. The Labute approximate surface area is 79.5 Å². The molecule has 0 amide bonds. The maximum absolute atomic E-state index is 10.9. The fourth-order valence-corrected chi connectivity index (χ4v) is 1.84. The van der Waals surface area contributed by atoms with E-state index in [0.717, 1.165) is 0 Å². The van der Waals surface area contributed by atoms with Crippen LogP contribution < -0.4 is 5.73 Å². The fraction of sp³-hybridized carbons (Fsp3) is 0.